The van der Waals surface area contributed by atoms with Gasteiger partial charge in [-0.1, -0.05) is 0 Å². The molecule has 0 radical (unpaired) electrons. The molecule has 2 aromatic rings. The molecule has 0 amide bonds. The highest BCUT2D eigenvalue weighted by Gasteiger charge is 2.28. The summed E-state index contributed by atoms with van der Waals surface area (Å²) in [6.45, 7) is 2.29. The highest BCUT2D eigenvalue weighted by atomic mass is 16.1. The van der Waals surface area contributed by atoms with Crippen LogP contribution in [0.25, 0.3) is 0 Å². The molecule has 0 N–H and O–H groups in total. The second-order valence-electron chi connectivity index (χ2n) is 8.12. The Morgan fingerprint density at radius 3 is 2.67 bits per heavy atom. The predicted molar refractivity (Wildman–Crippen MR) is 102 cm³/mol. The summed E-state index contributed by atoms with van der Waals surface area (Å²) in [5.74, 6) is 0.996. The third kappa shape index (κ3) is 3.19. The Balaban J connectivity index is 1.27. The van der Waals surface area contributed by atoms with Gasteiger partial charge in [0.2, 0.25) is 0 Å². The number of piperidine rings is 1. The van der Waals surface area contributed by atoms with Crippen molar-refractivity contribution in [1.82, 2.24) is 19.3 Å². The summed E-state index contributed by atoms with van der Waals surface area (Å²) < 4.78 is 3.49. The van der Waals surface area contributed by atoms with E-state index in [4.69, 9.17) is 0 Å². The van der Waals surface area contributed by atoms with Crippen LogP contribution < -0.4 is 16.0 Å². The first kappa shape index (κ1) is 16.7. The summed E-state index contributed by atoms with van der Waals surface area (Å²) in [5, 5.41) is 4.60. The lowest BCUT2D eigenvalue weighted by atomic mass is 9.97. The average molecular weight is 367 g/mol. The van der Waals surface area contributed by atoms with E-state index in [1.807, 2.05) is 10.8 Å². The summed E-state index contributed by atoms with van der Waals surface area (Å²) in [4.78, 5) is 31.5. The molecule has 27 heavy (non-hydrogen) atoms. The molecule has 0 aromatic carbocycles. The van der Waals surface area contributed by atoms with Crippen LogP contribution in [0.4, 0.5) is 5.82 Å². The zero-order valence-corrected chi connectivity index (χ0v) is 15.5. The zero-order valence-electron chi connectivity index (χ0n) is 15.5. The van der Waals surface area contributed by atoms with E-state index in [1.54, 1.807) is 16.9 Å². The highest BCUT2D eigenvalue weighted by molar-refractivity contribution is 5.36. The SMILES string of the molecule is O=c1c(N2CCC(Cn3nc4c(cc3=O)CCC4)CC2)nccn1C1CC1. The monoisotopic (exact) mass is 367 g/mol. The molecule has 1 saturated carbocycles. The van der Waals surface area contributed by atoms with Crippen molar-refractivity contribution in [2.24, 2.45) is 5.92 Å². The van der Waals surface area contributed by atoms with E-state index in [0.29, 0.717) is 24.3 Å². The van der Waals surface area contributed by atoms with Crippen LogP contribution in [0.2, 0.25) is 0 Å². The van der Waals surface area contributed by atoms with E-state index in [9.17, 15) is 9.59 Å². The van der Waals surface area contributed by atoms with Crippen LogP contribution in [0.5, 0.6) is 0 Å². The molecule has 142 valence electrons. The van der Waals surface area contributed by atoms with Crippen LogP contribution in [-0.4, -0.2) is 32.4 Å². The molecule has 7 nitrogen and oxygen atoms in total. The van der Waals surface area contributed by atoms with E-state index < -0.39 is 0 Å². The highest BCUT2D eigenvalue weighted by Crippen LogP contribution is 2.33. The lowest BCUT2D eigenvalue weighted by molar-refractivity contribution is 0.332. The van der Waals surface area contributed by atoms with Crippen LogP contribution in [0.1, 0.15) is 49.4 Å². The van der Waals surface area contributed by atoms with Gasteiger partial charge in [-0.15, -0.1) is 0 Å². The zero-order chi connectivity index (χ0) is 18.4. The van der Waals surface area contributed by atoms with E-state index >= 15 is 0 Å². The van der Waals surface area contributed by atoms with Gasteiger partial charge in [-0.25, -0.2) is 9.67 Å². The lowest BCUT2D eigenvalue weighted by Crippen LogP contribution is -2.40. The van der Waals surface area contributed by atoms with E-state index in [1.165, 1.54) is 0 Å². The molecule has 1 aliphatic heterocycles. The molecule has 0 atom stereocenters. The Labute approximate surface area is 157 Å². The number of aryl methyl sites for hydroxylation is 2. The van der Waals surface area contributed by atoms with Crippen LogP contribution in [0.3, 0.4) is 0 Å². The normalized spacial score (nSPS) is 20.1. The summed E-state index contributed by atoms with van der Waals surface area (Å²) in [6, 6.07) is 2.15. The number of rotatable bonds is 4. The van der Waals surface area contributed by atoms with Crippen molar-refractivity contribution in [2.45, 2.75) is 57.5 Å². The van der Waals surface area contributed by atoms with Gasteiger partial charge in [0.25, 0.3) is 11.1 Å². The van der Waals surface area contributed by atoms with Crippen LogP contribution in [-0.2, 0) is 19.4 Å². The average Bonchev–Trinajstić information content (AvgIpc) is 3.42. The minimum Gasteiger partial charge on any atom is -0.352 e. The molecule has 0 bridgehead atoms. The van der Waals surface area contributed by atoms with Crippen molar-refractivity contribution in [3.8, 4) is 0 Å². The summed E-state index contributed by atoms with van der Waals surface area (Å²) in [7, 11) is 0. The number of fused-ring (bicyclic) bond motifs is 1. The van der Waals surface area contributed by atoms with Crippen LogP contribution in [0.15, 0.2) is 28.0 Å². The second-order valence-corrected chi connectivity index (χ2v) is 8.12. The van der Waals surface area contributed by atoms with Gasteiger partial charge >= 0.3 is 0 Å². The van der Waals surface area contributed by atoms with Gasteiger partial charge in [0.05, 0.1) is 5.69 Å². The lowest BCUT2D eigenvalue weighted by Gasteiger charge is -2.32. The minimum absolute atomic E-state index is 0.0233. The Morgan fingerprint density at radius 1 is 1.07 bits per heavy atom. The first-order chi connectivity index (χ1) is 13.2. The fraction of sp³-hybridized carbons (Fsp3) is 0.600. The third-order valence-electron chi connectivity index (χ3n) is 6.16. The Hall–Kier alpha value is -2.44. The number of aromatic nitrogens is 4. The smallest absolute Gasteiger partial charge is 0.293 e. The standard InChI is InChI=1S/C20H25N5O2/c26-18-12-15-2-1-3-17(15)22-25(18)13-14-6-9-23(10-7-14)19-20(27)24(11-8-21-19)16-4-5-16/h8,11-12,14,16H,1-7,9-10,13H2. The largest absolute Gasteiger partial charge is 0.352 e. The van der Waals surface area contributed by atoms with Gasteiger partial charge in [0.15, 0.2) is 5.82 Å². The molecule has 7 heteroatoms. The third-order valence-corrected chi connectivity index (χ3v) is 6.16. The summed E-state index contributed by atoms with van der Waals surface area (Å²) in [6.07, 6.45) is 10.7. The number of anilines is 1. The maximum Gasteiger partial charge on any atom is 0.293 e. The second kappa shape index (κ2) is 6.62. The Morgan fingerprint density at radius 2 is 1.89 bits per heavy atom. The molecular formula is C20H25N5O2. The van der Waals surface area contributed by atoms with Crippen molar-refractivity contribution >= 4 is 5.82 Å². The van der Waals surface area contributed by atoms with Crippen molar-refractivity contribution in [1.29, 1.82) is 0 Å². The van der Waals surface area contributed by atoms with Crippen LogP contribution in [0, 0.1) is 5.92 Å². The fourth-order valence-electron chi connectivity index (χ4n) is 4.41. The van der Waals surface area contributed by atoms with Gasteiger partial charge in [-0.3, -0.25) is 9.59 Å². The van der Waals surface area contributed by atoms with Gasteiger partial charge in [-0.2, -0.15) is 5.10 Å². The first-order valence-electron chi connectivity index (χ1n) is 10.1. The van der Waals surface area contributed by atoms with Crippen molar-refractivity contribution in [3.63, 3.8) is 0 Å². The molecule has 1 saturated heterocycles. The molecule has 0 spiro atoms. The van der Waals surface area contributed by atoms with Gasteiger partial charge in [0, 0.05) is 44.1 Å². The van der Waals surface area contributed by atoms with Crippen LogP contribution >= 0.6 is 0 Å². The molecule has 3 heterocycles. The number of hydrogen-bond acceptors (Lipinski definition) is 5. The first-order valence-corrected chi connectivity index (χ1v) is 10.1. The quantitative estimate of drug-likeness (QED) is 0.820. The van der Waals surface area contributed by atoms with Gasteiger partial charge in [0.1, 0.15) is 0 Å². The maximum atomic E-state index is 12.7. The number of nitrogens with zero attached hydrogens (tertiary/aromatic N) is 5. The minimum atomic E-state index is 0.0233. The number of hydrogen-bond donors (Lipinski definition) is 0. The van der Waals surface area contributed by atoms with E-state index in [-0.39, 0.29) is 11.1 Å². The predicted octanol–water partition coefficient (Wildman–Crippen LogP) is 1.54. The van der Waals surface area contributed by atoms with Crippen molar-refractivity contribution < 1.29 is 0 Å². The molecule has 2 aromatic heterocycles. The molecule has 0 unspecified atom stereocenters. The Kier molecular flexibility index (Phi) is 4.10. The van der Waals surface area contributed by atoms with Gasteiger partial charge in [-0.05, 0) is 56.4 Å². The maximum absolute atomic E-state index is 12.7. The van der Waals surface area contributed by atoms with E-state index in [2.05, 4.69) is 15.0 Å². The molecule has 2 aliphatic carbocycles. The molecule has 5 rings (SSSR count). The summed E-state index contributed by atoms with van der Waals surface area (Å²) >= 11 is 0. The summed E-state index contributed by atoms with van der Waals surface area (Å²) in [5.41, 5.74) is 2.29. The molecule has 3 aliphatic rings. The topological polar surface area (TPSA) is 73.0 Å². The van der Waals surface area contributed by atoms with Crippen molar-refractivity contribution in [2.75, 3.05) is 18.0 Å². The Bertz CT molecular complexity index is 967. The molecule has 2 fully saturated rings. The van der Waals surface area contributed by atoms with E-state index in [0.717, 1.165) is 69.3 Å². The fourth-order valence-corrected chi connectivity index (χ4v) is 4.41. The van der Waals surface area contributed by atoms with Crippen molar-refractivity contribution in [3.05, 3.63) is 50.4 Å². The van der Waals surface area contributed by atoms with Gasteiger partial charge < -0.3 is 9.47 Å². The molecular weight excluding hydrogens is 342 g/mol.